The lowest BCUT2D eigenvalue weighted by atomic mass is 9.99. The van der Waals surface area contributed by atoms with Crippen molar-refractivity contribution in [1.82, 2.24) is 4.90 Å². The number of Topliss-reactive ketones (excluding diaryl/α,β-unsaturated/α-hetero) is 1. The number of carbonyl (C=O) groups excluding carboxylic acids is 1. The molecule has 0 bridgehead atoms. The topological polar surface area (TPSA) is 57.2 Å². The number of hydrogen-bond donors (Lipinski definition) is 0. The molecule has 7 heteroatoms. The maximum Gasteiger partial charge on any atom is 0.231 e. The third kappa shape index (κ3) is 4.47. The van der Waals surface area contributed by atoms with E-state index in [9.17, 15) is 4.79 Å². The molecule has 3 aromatic rings. The Bertz CT molecular complexity index is 1330. The predicted molar refractivity (Wildman–Crippen MR) is 135 cm³/mol. The molecule has 0 unspecified atom stereocenters. The number of carbonyl (C=O) groups is 1. The van der Waals surface area contributed by atoms with Crippen LogP contribution in [0.2, 0.25) is 5.02 Å². The first-order valence-corrected chi connectivity index (χ1v) is 11.8. The van der Waals surface area contributed by atoms with E-state index in [4.69, 9.17) is 30.5 Å². The van der Waals surface area contributed by atoms with Gasteiger partial charge in [0.25, 0.3) is 0 Å². The molecule has 180 valence electrons. The number of nitrogens with zero attached hydrogens (tertiary/aromatic N) is 1. The Labute approximate surface area is 209 Å². The normalized spacial score (nSPS) is 15.9. The number of rotatable bonds is 6. The number of methoxy groups -OCH3 is 2. The fourth-order valence-corrected chi connectivity index (χ4v) is 4.73. The summed E-state index contributed by atoms with van der Waals surface area (Å²) >= 11 is 6.31. The van der Waals surface area contributed by atoms with Crippen molar-refractivity contribution in [3.05, 3.63) is 87.1 Å². The van der Waals surface area contributed by atoms with Crippen LogP contribution in [-0.4, -0.2) is 38.2 Å². The van der Waals surface area contributed by atoms with E-state index in [1.165, 1.54) is 0 Å². The molecule has 0 aromatic heterocycles. The van der Waals surface area contributed by atoms with Crippen LogP contribution in [0, 0.1) is 6.92 Å². The van der Waals surface area contributed by atoms with E-state index in [1.54, 1.807) is 26.4 Å². The number of ketones is 1. The van der Waals surface area contributed by atoms with Crippen molar-refractivity contribution in [2.24, 2.45) is 0 Å². The summed E-state index contributed by atoms with van der Waals surface area (Å²) in [4.78, 5) is 15.5. The van der Waals surface area contributed by atoms with Crippen LogP contribution in [0.5, 0.6) is 23.0 Å². The number of halogens is 1. The van der Waals surface area contributed by atoms with E-state index in [-0.39, 0.29) is 11.5 Å². The summed E-state index contributed by atoms with van der Waals surface area (Å²) < 4.78 is 22.9. The second-order valence-electron chi connectivity index (χ2n) is 8.58. The molecule has 0 radical (unpaired) electrons. The number of allylic oxidation sites excluding steroid dienone is 1. The highest BCUT2D eigenvalue weighted by Gasteiger charge is 2.33. The Morgan fingerprint density at radius 3 is 2.69 bits per heavy atom. The molecule has 0 fully saturated rings. The molecule has 6 nitrogen and oxygen atoms in total. The van der Waals surface area contributed by atoms with Crippen LogP contribution in [0.15, 0.2) is 54.3 Å². The summed E-state index contributed by atoms with van der Waals surface area (Å²) in [5.41, 5.74) is 4.21. The zero-order valence-electron chi connectivity index (χ0n) is 19.9. The lowest BCUT2D eigenvalue weighted by molar-refractivity contribution is 0.0954. The van der Waals surface area contributed by atoms with Crippen molar-refractivity contribution >= 4 is 23.5 Å². The minimum Gasteiger partial charge on any atom is -0.497 e. The van der Waals surface area contributed by atoms with E-state index in [1.807, 2.05) is 49.4 Å². The number of benzene rings is 3. The molecule has 2 heterocycles. The molecule has 0 atom stereocenters. The molecule has 0 saturated heterocycles. The highest BCUT2D eigenvalue weighted by atomic mass is 35.5. The average Bonchev–Trinajstić information content (AvgIpc) is 3.19. The van der Waals surface area contributed by atoms with Crippen LogP contribution >= 0.6 is 11.6 Å². The van der Waals surface area contributed by atoms with Gasteiger partial charge in [0.05, 0.1) is 19.8 Å². The summed E-state index contributed by atoms with van der Waals surface area (Å²) in [6.07, 6.45) is 2.52. The second kappa shape index (κ2) is 9.64. The van der Waals surface area contributed by atoms with Crippen molar-refractivity contribution in [2.45, 2.75) is 19.9 Å². The predicted octanol–water partition coefficient (Wildman–Crippen LogP) is 5.68. The molecule has 2 aliphatic rings. The van der Waals surface area contributed by atoms with Gasteiger partial charge in [-0.2, -0.15) is 0 Å². The van der Waals surface area contributed by atoms with Crippen LogP contribution in [0.4, 0.5) is 0 Å². The van der Waals surface area contributed by atoms with Gasteiger partial charge in [0, 0.05) is 40.9 Å². The SMILES string of the molecule is COc1ccc(/C=C2\Oc3c(cc4c(c3C)OCN(CCc3ccccc3Cl)C4)C2=O)c(OC)c1. The quantitative estimate of drug-likeness (QED) is 0.414. The molecule has 2 aliphatic heterocycles. The van der Waals surface area contributed by atoms with Crippen molar-refractivity contribution < 1.29 is 23.7 Å². The van der Waals surface area contributed by atoms with Crippen molar-refractivity contribution in [1.29, 1.82) is 0 Å². The first-order chi connectivity index (χ1) is 17.0. The summed E-state index contributed by atoms with van der Waals surface area (Å²) in [5.74, 6) is 2.70. The third-order valence-electron chi connectivity index (χ3n) is 6.38. The van der Waals surface area contributed by atoms with Crippen molar-refractivity contribution in [3.8, 4) is 23.0 Å². The van der Waals surface area contributed by atoms with E-state index in [0.29, 0.717) is 36.1 Å². The van der Waals surface area contributed by atoms with Gasteiger partial charge in [-0.05, 0) is 49.2 Å². The van der Waals surface area contributed by atoms with Gasteiger partial charge in [-0.1, -0.05) is 29.8 Å². The fourth-order valence-electron chi connectivity index (χ4n) is 4.50. The van der Waals surface area contributed by atoms with Crippen LogP contribution in [0.1, 0.15) is 32.6 Å². The molecular weight excluding hydrogens is 466 g/mol. The van der Waals surface area contributed by atoms with E-state index < -0.39 is 0 Å². The zero-order valence-corrected chi connectivity index (χ0v) is 20.6. The Hall–Kier alpha value is -3.48. The van der Waals surface area contributed by atoms with Crippen molar-refractivity contribution in [3.63, 3.8) is 0 Å². The third-order valence-corrected chi connectivity index (χ3v) is 6.75. The number of ether oxygens (including phenoxy) is 4. The van der Waals surface area contributed by atoms with Gasteiger partial charge in [-0.25, -0.2) is 0 Å². The van der Waals surface area contributed by atoms with Gasteiger partial charge >= 0.3 is 0 Å². The fraction of sp³-hybridized carbons (Fsp3) is 0.250. The zero-order chi connectivity index (χ0) is 24.5. The minimum absolute atomic E-state index is 0.156. The molecule has 5 rings (SSSR count). The smallest absolute Gasteiger partial charge is 0.231 e. The molecule has 0 aliphatic carbocycles. The Kier molecular flexibility index (Phi) is 6.41. The molecular formula is C28H26ClNO5. The molecule has 3 aromatic carbocycles. The van der Waals surface area contributed by atoms with Gasteiger partial charge in [0.15, 0.2) is 5.76 Å². The van der Waals surface area contributed by atoms with E-state index in [2.05, 4.69) is 4.90 Å². The molecule has 0 spiro atoms. The van der Waals surface area contributed by atoms with Crippen LogP contribution in [-0.2, 0) is 13.0 Å². The first kappa shape index (κ1) is 23.3. The minimum atomic E-state index is -0.156. The largest absolute Gasteiger partial charge is 0.497 e. The highest BCUT2D eigenvalue weighted by Crippen LogP contribution is 2.43. The number of fused-ring (bicyclic) bond motifs is 2. The maximum atomic E-state index is 13.3. The summed E-state index contributed by atoms with van der Waals surface area (Å²) in [7, 11) is 3.17. The lowest BCUT2D eigenvalue weighted by Crippen LogP contribution is -2.34. The first-order valence-electron chi connectivity index (χ1n) is 11.4. The second-order valence-corrected chi connectivity index (χ2v) is 8.99. The average molecular weight is 492 g/mol. The van der Waals surface area contributed by atoms with Gasteiger partial charge < -0.3 is 18.9 Å². The summed E-state index contributed by atoms with van der Waals surface area (Å²) in [5, 5.41) is 0.773. The molecule has 0 N–H and O–H groups in total. The van der Waals surface area contributed by atoms with Crippen molar-refractivity contribution in [2.75, 3.05) is 27.5 Å². The Balaban J connectivity index is 1.38. The van der Waals surface area contributed by atoms with Crippen LogP contribution in [0.25, 0.3) is 6.08 Å². The van der Waals surface area contributed by atoms with Gasteiger partial charge in [0.1, 0.15) is 29.7 Å². The summed E-state index contributed by atoms with van der Waals surface area (Å²) in [6.45, 7) is 3.89. The maximum absolute atomic E-state index is 13.3. The van der Waals surface area contributed by atoms with Crippen LogP contribution < -0.4 is 18.9 Å². The van der Waals surface area contributed by atoms with E-state index >= 15 is 0 Å². The lowest BCUT2D eigenvalue weighted by Gasteiger charge is -2.30. The number of hydrogen-bond acceptors (Lipinski definition) is 6. The van der Waals surface area contributed by atoms with Crippen LogP contribution in [0.3, 0.4) is 0 Å². The highest BCUT2D eigenvalue weighted by molar-refractivity contribution is 6.31. The van der Waals surface area contributed by atoms with Gasteiger partial charge in [0.2, 0.25) is 5.78 Å². The molecule has 35 heavy (non-hydrogen) atoms. The summed E-state index contributed by atoms with van der Waals surface area (Å²) in [6, 6.07) is 15.2. The van der Waals surface area contributed by atoms with E-state index in [0.717, 1.165) is 46.0 Å². The Morgan fingerprint density at radius 1 is 1.09 bits per heavy atom. The molecule has 0 saturated carbocycles. The van der Waals surface area contributed by atoms with Gasteiger partial charge in [-0.15, -0.1) is 0 Å². The molecule has 0 amide bonds. The Morgan fingerprint density at radius 2 is 1.91 bits per heavy atom. The monoisotopic (exact) mass is 491 g/mol. The van der Waals surface area contributed by atoms with Gasteiger partial charge in [-0.3, -0.25) is 9.69 Å². The standard InChI is InChI=1S/C28H26ClNO5/c1-17-27-20(15-30(16-34-27)11-10-18-6-4-5-7-23(18)29)12-22-26(31)25(35-28(17)22)13-19-8-9-21(32-2)14-24(19)33-3/h4-9,12-14H,10-11,15-16H2,1-3H3/b25-13-.